The third-order valence-corrected chi connectivity index (χ3v) is 3.11. The summed E-state index contributed by atoms with van der Waals surface area (Å²) in [5.74, 6) is 0. The van der Waals surface area contributed by atoms with Crippen LogP contribution in [0.25, 0.3) is 0 Å². The molecule has 2 unspecified atom stereocenters. The smallest absolute Gasteiger partial charge is 0.0449 e. The van der Waals surface area contributed by atoms with E-state index in [9.17, 15) is 0 Å². The Morgan fingerprint density at radius 3 is 2.67 bits per heavy atom. The number of likely N-dealkylation sites (N-methyl/N-ethyl adjacent to an activating group) is 2. The van der Waals surface area contributed by atoms with E-state index >= 15 is 0 Å². The van der Waals surface area contributed by atoms with Crippen LogP contribution in [0.5, 0.6) is 0 Å². The molecule has 1 aliphatic rings. The molecular weight excluding hydrogens is 152 g/mol. The summed E-state index contributed by atoms with van der Waals surface area (Å²) in [5, 5.41) is 12.3. The van der Waals surface area contributed by atoms with Gasteiger partial charge in [0.05, 0.1) is 0 Å². The van der Waals surface area contributed by atoms with E-state index in [4.69, 9.17) is 5.11 Å². The highest BCUT2D eigenvalue weighted by Crippen LogP contribution is 2.27. The zero-order chi connectivity index (χ0) is 9.19. The Labute approximate surface area is 74.8 Å². The molecule has 2 N–H and O–H groups in total. The highest BCUT2D eigenvalue weighted by atomic mass is 16.3. The van der Waals surface area contributed by atoms with Crippen LogP contribution in [0.3, 0.4) is 0 Å². The van der Waals surface area contributed by atoms with Gasteiger partial charge < -0.3 is 15.3 Å². The second kappa shape index (κ2) is 3.73. The minimum atomic E-state index is 0.156. The molecule has 1 fully saturated rings. The summed E-state index contributed by atoms with van der Waals surface area (Å²) in [6.45, 7) is 3.56. The molecule has 0 saturated carbocycles. The number of hydrogen-bond donors (Lipinski definition) is 2. The number of likely N-dealkylation sites (tertiary alicyclic amines) is 1. The molecule has 0 radical (unpaired) electrons. The van der Waals surface area contributed by atoms with Crippen molar-refractivity contribution in [2.45, 2.75) is 31.3 Å². The van der Waals surface area contributed by atoms with E-state index in [1.165, 1.54) is 0 Å². The minimum Gasteiger partial charge on any atom is -0.396 e. The van der Waals surface area contributed by atoms with Gasteiger partial charge in [-0.25, -0.2) is 0 Å². The molecule has 3 nitrogen and oxygen atoms in total. The molecule has 1 rings (SSSR count). The van der Waals surface area contributed by atoms with Crippen molar-refractivity contribution in [2.24, 2.45) is 0 Å². The van der Waals surface area contributed by atoms with Gasteiger partial charge in [-0.05, 0) is 33.9 Å². The fourth-order valence-corrected chi connectivity index (χ4v) is 2.12. The predicted octanol–water partition coefficient (Wildman–Crippen LogP) is 0.0510. The van der Waals surface area contributed by atoms with Gasteiger partial charge in [-0.3, -0.25) is 0 Å². The molecule has 0 aromatic rings. The first-order valence-electron chi connectivity index (χ1n) is 4.63. The number of aliphatic hydroxyl groups is 1. The van der Waals surface area contributed by atoms with Gasteiger partial charge >= 0.3 is 0 Å². The Morgan fingerprint density at radius 2 is 2.33 bits per heavy atom. The summed E-state index contributed by atoms with van der Waals surface area (Å²) in [5.41, 5.74) is 0.156. The van der Waals surface area contributed by atoms with Crippen LogP contribution < -0.4 is 5.32 Å². The molecule has 0 aromatic carbocycles. The number of aliphatic hydroxyl groups excluding tert-OH is 1. The average Bonchev–Trinajstić information content (AvgIpc) is 2.30. The Hall–Kier alpha value is -0.120. The summed E-state index contributed by atoms with van der Waals surface area (Å²) in [4.78, 5) is 2.34. The first-order valence-corrected chi connectivity index (χ1v) is 4.63. The molecule has 0 amide bonds. The second-order valence-corrected chi connectivity index (χ2v) is 3.97. The molecular formula is C9H20N2O. The molecule has 0 aliphatic carbocycles. The Balaban J connectivity index is 2.58. The van der Waals surface area contributed by atoms with Crippen molar-refractivity contribution < 1.29 is 5.11 Å². The molecule has 0 aromatic heterocycles. The van der Waals surface area contributed by atoms with Gasteiger partial charge in [-0.1, -0.05) is 0 Å². The standard InChI is InChI=1S/C9H20N2O/c1-8-6-9(10-2,4-5-12)7-11(8)3/h8,10,12H,4-7H2,1-3H3. The fraction of sp³-hybridized carbons (Fsp3) is 1.00. The first-order chi connectivity index (χ1) is 5.63. The van der Waals surface area contributed by atoms with Crippen molar-refractivity contribution in [3.05, 3.63) is 0 Å². The Bertz CT molecular complexity index is 139. The van der Waals surface area contributed by atoms with E-state index < -0.39 is 0 Å². The lowest BCUT2D eigenvalue weighted by molar-refractivity contribution is 0.217. The van der Waals surface area contributed by atoms with E-state index in [2.05, 4.69) is 24.2 Å². The Kier molecular flexibility index (Phi) is 3.09. The highest BCUT2D eigenvalue weighted by molar-refractivity contribution is 4.98. The van der Waals surface area contributed by atoms with Crippen molar-refractivity contribution in [1.82, 2.24) is 10.2 Å². The summed E-state index contributed by atoms with van der Waals surface area (Å²) in [6, 6.07) is 0.629. The maximum atomic E-state index is 8.94. The predicted molar refractivity (Wildman–Crippen MR) is 50.2 cm³/mol. The summed E-state index contributed by atoms with van der Waals surface area (Å²) < 4.78 is 0. The van der Waals surface area contributed by atoms with Crippen molar-refractivity contribution in [3.63, 3.8) is 0 Å². The third kappa shape index (κ3) is 1.79. The fourth-order valence-electron chi connectivity index (χ4n) is 2.12. The number of nitrogens with one attached hydrogen (secondary N) is 1. The van der Waals surface area contributed by atoms with Crippen LogP contribution in [-0.2, 0) is 0 Å². The van der Waals surface area contributed by atoms with E-state index in [-0.39, 0.29) is 12.1 Å². The number of rotatable bonds is 3. The van der Waals surface area contributed by atoms with Crippen LogP contribution in [0.2, 0.25) is 0 Å². The van der Waals surface area contributed by atoms with Gasteiger partial charge in [0.2, 0.25) is 0 Å². The summed E-state index contributed by atoms with van der Waals surface area (Å²) in [7, 11) is 4.13. The lowest BCUT2D eigenvalue weighted by atomic mass is 9.93. The lowest BCUT2D eigenvalue weighted by Crippen LogP contribution is -2.45. The van der Waals surface area contributed by atoms with Crippen LogP contribution >= 0.6 is 0 Å². The van der Waals surface area contributed by atoms with Gasteiger partial charge in [-0.15, -0.1) is 0 Å². The van der Waals surface area contributed by atoms with Crippen LogP contribution in [0, 0.1) is 0 Å². The number of hydrogen-bond acceptors (Lipinski definition) is 3. The lowest BCUT2D eigenvalue weighted by Gasteiger charge is -2.27. The van der Waals surface area contributed by atoms with Gasteiger partial charge in [-0.2, -0.15) is 0 Å². The zero-order valence-corrected chi connectivity index (χ0v) is 8.30. The zero-order valence-electron chi connectivity index (χ0n) is 8.30. The molecule has 0 spiro atoms. The largest absolute Gasteiger partial charge is 0.396 e. The first kappa shape index (κ1) is 9.96. The Morgan fingerprint density at radius 1 is 1.67 bits per heavy atom. The maximum Gasteiger partial charge on any atom is 0.0449 e. The van der Waals surface area contributed by atoms with Gasteiger partial charge in [0.25, 0.3) is 0 Å². The van der Waals surface area contributed by atoms with Gasteiger partial charge in [0.15, 0.2) is 0 Å². The summed E-state index contributed by atoms with van der Waals surface area (Å²) in [6.07, 6.45) is 2.00. The third-order valence-electron chi connectivity index (χ3n) is 3.11. The van der Waals surface area contributed by atoms with E-state index in [0.29, 0.717) is 6.04 Å². The maximum absolute atomic E-state index is 8.94. The monoisotopic (exact) mass is 172 g/mol. The quantitative estimate of drug-likeness (QED) is 0.631. The van der Waals surface area contributed by atoms with Crippen LogP contribution in [0.4, 0.5) is 0 Å². The summed E-state index contributed by atoms with van der Waals surface area (Å²) >= 11 is 0. The number of nitrogens with zero attached hydrogens (tertiary/aromatic N) is 1. The average molecular weight is 172 g/mol. The van der Waals surface area contributed by atoms with Gasteiger partial charge in [0.1, 0.15) is 0 Å². The van der Waals surface area contributed by atoms with E-state index in [0.717, 1.165) is 19.4 Å². The molecule has 12 heavy (non-hydrogen) atoms. The molecule has 1 saturated heterocycles. The minimum absolute atomic E-state index is 0.156. The highest BCUT2D eigenvalue weighted by Gasteiger charge is 2.38. The van der Waals surface area contributed by atoms with E-state index in [1.54, 1.807) is 0 Å². The van der Waals surface area contributed by atoms with Crippen molar-refractivity contribution in [3.8, 4) is 0 Å². The normalized spacial score (nSPS) is 37.5. The van der Waals surface area contributed by atoms with Crippen LogP contribution in [0.1, 0.15) is 19.8 Å². The molecule has 2 atom stereocenters. The molecule has 72 valence electrons. The van der Waals surface area contributed by atoms with Crippen LogP contribution in [0.15, 0.2) is 0 Å². The van der Waals surface area contributed by atoms with Gasteiger partial charge in [0, 0.05) is 24.7 Å². The topological polar surface area (TPSA) is 35.5 Å². The van der Waals surface area contributed by atoms with Crippen molar-refractivity contribution in [2.75, 3.05) is 27.2 Å². The molecule has 1 heterocycles. The SMILES string of the molecule is CNC1(CCO)CC(C)N(C)C1. The van der Waals surface area contributed by atoms with Crippen molar-refractivity contribution in [1.29, 1.82) is 0 Å². The molecule has 3 heteroatoms. The molecule has 0 bridgehead atoms. The second-order valence-electron chi connectivity index (χ2n) is 3.97. The molecule has 1 aliphatic heterocycles. The van der Waals surface area contributed by atoms with E-state index in [1.807, 2.05) is 7.05 Å². The van der Waals surface area contributed by atoms with Crippen LogP contribution in [-0.4, -0.2) is 48.8 Å². The van der Waals surface area contributed by atoms with Crippen molar-refractivity contribution >= 4 is 0 Å².